The molecule has 1 heterocycles. The molecule has 4 nitrogen and oxygen atoms in total. The van der Waals surface area contributed by atoms with Crippen LogP contribution in [-0.4, -0.2) is 36.0 Å². The van der Waals surface area contributed by atoms with E-state index in [2.05, 4.69) is 0 Å². The van der Waals surface area contributed by atoms with E-state index >= 15 is 0 Å². The van der Waals surface area contributed by atoms with Gasteiger partial charge in [0.25, 0.3) is 0 Å². The molecule has 0 spiro atoms. The van der Waals surface area contributed by atoms with Crippen LogP contribution in [-0.2, 0) is 11.2 Å². The molecule has 5 heteroatoms. The maximum atomic E-state index is 12.3. The number of likely N-dealkylation sites (tertiary alicyclic amines) is 1. The van der Waals surface area contributed by atoms with E-state index in [0.29, 0.717) is 30.3 Å². The van der Waals surface area contributed by atoms with Crippen LogP contribution in [0.5, 0.6) is 5.75 Å². The molecular formula is C18H19ClN2O2. The molecule has 0 saturated carbocycles. The summed E-state index contributed by atoms with van der Waals surface area (Å²) in [4.78, 5) is 14.0. The zero-order valence-electron chi connectivity index (χ0n) is 12.7. The van der Waals surface area contributed by atoms with Gasteiger partial charge in [-0.15, -0.1) is 0 Å². The van der Waals surface area contributed by atoms with E-state index in [4.69, 9.17) is 22.1 Å². The van der Waals surface area contributed by atoms with E-state index in [1.54, 1.807) is 11.0 Å². The molecule has 120 valence electrons. The lowest BCUT2D eigenvalue weighted by Gasteiger charge is -2.40. The molecule has 2 aromatic carbocycles. The van der Waals surface area contributed by atoms with Crippen LogP contribution in [0.1, 0.15) is 5.56 Å². The minimum absolute atomic E-state index is 0.0252. The molecule has 3 rings (SSSR count). The highest BCUT2D eigenvalue weighted by molar-refractivity contribution is 6.32. The average Bonchev–Trinajstić information content (AvgIpc) is 2.52. The number of benzene rings is 2. The Morgan fingerprint density at radius 1 is 1.17 bits per heavy atom. The maximum Gasteiger partial charge on any atom is 0.240 e. The van der Waals surface area contributed by atoms with E-state index in [1.165, 1.54) is 0 Å². The van der Waals surface area contributed by atoms with Crippen molar-refractivity contribution in [1.29, 1.82) is 0 Å². The Morgan fingerprint density at radius 3 is 2.52 bits per heavy atom. The molecule has 0 radical (unpaired) electrons. The Bertz CT molecular complexity index is 672. The quantitative estimate of drug-likeness (QED) is 0.916. The number of amides is 1. The second-order valence-electron chi connectivity index (χ2n) is 5.71. The van der Waals surface area contributed by atoms with Gasteiger partial charge in [0.1, 0.15) is 11.9 Å². The summed E-state index contributed by atoms with van der Waals surface area (Å²) in [5.74, 6) is 0.618. The van der Waals surface area contributed by atoms with Gasteiger partial charge in [0, 0.05) is 0 Å². The first kappa shape index (κ1) is 15.8. The summed E-state index contributed by atoms with van der Waals surface area (Å²) < 4.78 is 5.79. The largest absolute Gasteiger partial charge is 0.485 e. The molecule has 1 aliphatic rings. The van der Waals surface area contributed by atoms with Crippen LogP contribution in [0.15, 0.2) is 54.6 Å². The van der Waals surface area contributed by atoms with Gasteiger partial charge in [-0.05, 0) is 24.1 Å². The first-order chi connectivity index (χ1) is 11.1. The normalized spacial score (nSPS) is 15.8. The van der Waals surface area contributed by atoms with Gasteiger partial charge in [0.2, 0.25) is 5.91 Å². The van der Waals surface area contributed by atoms with Crippen molar-refractivity contribution < 1.29 is 9.53 Å². The second kappa shape index (κ2) is 7.02. The molecule has 1 atom stereocenters. The van der Waals surface area contributed by atoms with Crippen molar-refractivity contribution in [2.24, 2.45) is 5.73 Å². The highest BCUT2D eigenvalue weighted by atomic mass is 35.5. The summed E-state index contributed by atoms with van der Waals surface area (Å²) in [5, 5.41) is 0.582. The van der Waals surface area contributed by atoms with Crippen LogP contribution in [0, 0.1) is 0 Å². The number of para-hydroxylation sites is 1. The third kappa shape index (κ3) is 3.84. The molecule has 0 bridgehead atoms. The predicted molar refractivity (Wildman–Crippen MR) is 90.6 cm³/mol. The van der Waals surface area contributed by atoms with Crippen LogP contribution < -0.4 is 10.5 Å². The SMILES string of the molecule is N[C@H](Cc1ccccc1)C(=O)N1CC(Oc2ccccc2Cl)C1. The Kier molecular flexibility index (Phi) is 4.84. The Labute approximate surface area is 140 Å². The zero-order chi connectivity index (χ0) is 16.2. The van der Waals surface area contributed by atoms with Gasteiger partial charge in [-0.3, -0.25) is 4.79 Å². The molecule has 1 amide bonds. The van der Waals surface area contributed by atoms with Gasteiger partial charge in [-0.25, -0.2) is 0 Å². The number of nitrogens with zero attached hydrogens (tertiary/aromatic N) is 1. The monoisotopic (exact) mass is 330 g/mol. The molecule has 0 unspecified atom stereocenters. The minimum Gasteiger partial charge on any atom is -0.485 e. The highest BCUT2D eigenvalue weighted by Crippen LogP contribution is 2.26. The van der Waals surface area contributed by atoms with Gasteiger partial charge < -0.3 is 15.4 Å². The number of carbonyl (C=O) groups is 1. The van der Waals surface area contributed by atoms with E-state index in [0.717, 1.165) is 5.56 Å². The molecular weight excluding hydrogens is 312 g/mol. The molecule has 1 aliphatic heterocycles. The Balaban J connectivity index is 1.49. The molecule has 0 aromatic heterocycles. The fourth-order valence-corrected chi connectivity index (χ4v) is 2.78. The molecule has 1 saturated heterocycles. The fraction of sp³-hybridized carbons (Fsp3) is 0.278. The van der Waals surface area contributed by atoms with E-state index < -0.39 is 6.04 Å². The number of hydrogen-bond acceptors (Lipinski definition) is 3. The molecule has 2 N–H and O–H groups in total. The summed E-state index contributed by atoms with van der Waals surface area (Å²) in [6.45, 7) is 1.10. The highest BCUT2D eigenvalue weighted by Gasteiger charge is 2.34. The molecule has 2 aromatic rings. The van der Waals surface area contributed by atoms with Crippen molar-refractivity contribution in [3.8, 4) is 5.75 Å². The third-order valence-electron chi connectivity index (χ3n) is 3.91. The first-order valence-electron chi connectivity index (χ1n) is 7.63. The van der Waals surface area contributed by atoms with Gasteiger partial charge in [-0.2, -0.15) is 0 Å². The topological polar surface area (TPSA) is 55.6 Å². The van der Waals surface area contributed by atoms with Crippen LogP contribution in [0.2, 0.25) is 5.02 Å². The van der Waals surface area contributed by atoms with Gasteiger partial charge >= 0.3 is 0 Å². The summed E-state index contributed by atoms with van der Waals surface area (Å²) in [5.41, 5.74) is 7.10. The first-order valence-corrected chi connectivity index (χ1v) is 8.01. The van der Waals surface area contributed by atoms with Crippen molar-refractivity contribution in [3.63, 3.8) is 0 Å². The van der Waals surface area contributed by atoms with E-state index in [9.17, 15) is 4.79 Å². The van der Waals surface area contributed by atoms with Gasteiger partial charge in [0.05, 0.1) is 24.2 Å². The van der Waals surface area contributed by atoms with Gasteiger partial charge in [-0.1, -0.05) is 54.1 Å². The number of hydrogen-bond donors (Lipinski definition) is 1. The van der Waals surface area contributed by atoms with Crippen molar-refractivity contribution in [2.45, 2.75) is 18.6 Å². The van der Waals surface area contributed by atoms with Crippen LogP contribution in [0.3, 0.4) is 0 Å². The van der Waals surface area contributed by atoms with Crippen LogP contribution >= 0.6 is 11.6 Å². The van der Waals surface area contributed by atoms with Gasteiger partial charge in [0.15, 0.2) is 0 Å². The summed E-state index contributed by atoms with van der Waals surface area (Å²) in [6.07, 6.45) is 0.523. The lowest BCUT2D eigenvalue weighted by molar-refractivity contribution is -0.141. The second-order valence-corrected chi connectivity index (χ2v) is 6.12. The summed E-state index contributed by atoms with van der Waals surface area (Å²) >= 11 is 6.06. The summed E-state index contributed by atoms with van der Waals surface area (Å²) in [7, 11) is 0. The Morgan fingerprint density at radius 2 is 1.83 bits per heavy atom. The van der Waals surface area contributed by atoms with Crippen LogP contribution in [0.4, 0.5) is 0 Å². The number of ether oxygens (including phenoxy) is 1. The van der Waals surface area contributed by atoms with Crippen molar-refractivity contribution in [2.75, 3.05) is 13.1 Å². The molecule has 23 heavy (non-hydrogen) atoms. The predicted octanol–water partition coefficient (Wildman–Crippen LogP) is 2.50. The zero-order valence-corrected chi connectivity index (χ0v) is 13.4. The smallest absolute Gasteiger partial charge is 0.240 e. The van der Waals surface area contributed by atoms with Crippen molar-refractivity contribution >= 4 is 17.5 Å². The lowest BCUT2D eigenvalue weighted by atomic mass is 10.0. The Hall–Kier alpha value is -2.04. The van der Waals surface area contributed by atoms with Crippen molar-refractivity contribution in [3.05, 3.63) is 65.2 Å². The standard InChI is InChI=1S/C18H19ClN2O2/c19-15-8-4-5-9-17(15)23-14-11-21(12-14)18(22)16(20)10-13-6-2-1-3-7-13/h1-9,14,16H,10-12,20H2/t16-/m1/s1. The van der Waals surface area contributed by atoms with E-state index in [1.807, 2.05) is 48.5 Å². The molecule has 1 fully saturated rings. The van der Waals surface area contributed by atoms with Crippen molar-refractivity contribution in [1.82, 2.24) is 4.90 Å². The number of carbonyl (C=O) groups excluding carboxylic acids is 1. The fourth-order valence-electron chi connectivity index (χ4n) is 2.60. The average molecular weight is 331 g/mol. The minimum atomic E-state index is -0.515. The third-order valence-corrected chi connectivity index (χ3v) is 4.22. The van der Waals surface area contributed by atoms with E-state index in [-0.39, 0.29) is 12.0 Å². The van der Waals surface area contributed by atoms with Crippen LogP contribution in [0.25, 0.3) is 0 Å². The lowest BCUT2D eigenvalue weighted by Crippen LogP contribution is -2.60. The molecule has 0 aliphatic carbocycles. The number of rotatable bonds is 5. The maximum absolute atomic E-state index is 12.3. The number of halogens is 1. The summed E-state index contributed by atoms with van der Waals surface area (Å²) in [6, 6.07) is 16.6. The number of nitrogens with two attached hydrogens (primary N) is 1.